The third-order valence-corrected chi connectivity index (χ3v) is 3.32. The number of hydrogen-bond donors (Lipinski definition) is 1. The summed E-state index contributed by atoms with van der Waals surface area (Å²) in [4.78, 5) is 14.3. The van der Waals surface area contributed by atoms with Crippen LogP contribution in [0.5, 0.6) is 0 Å². The van der Waals surface area contributed by atoms with Crippen LogP contribution in [0.15, 0.2) is 0 Å². The van der Waals surface area contributed by atoms with Gasteiger partial charge in [-0.25, -0.2) is 0 Å². The van der Waals surface area contributed by atoms with Gasteiger partial charge in [0, 0.05) is 17.3 Å². The van der Waals surface area contributed by atoms with E-state index < -0.39 is 13.6 Å². The summed E-state index contributed by atoms with van der Waals surface area (Å²) < 4.78 is 7.28. The maximum Gasteiger partial charge on any atom is 0.226 e. The van der Waals surface area contributed by atoms with E-state index in [0.717, 1.165) is 0 Å². The van der Waals surface area contributed by atoms with Gasteiger partial charge in [0.05, 0.1) is 12.1 Å². The van der Waals surface area contributed by atoms with Gasteiger partial charge in [-0.15, -0.1) is 5.54 Å². The number of ketones is 1. The Morgan fingerprint density at radius 1 is 1.53 bits per heavy atom. The molecule has 0 aliphatic carbocycles. The van der Waals surface area contributed by atoms with Crippen molar-refractivity contribution in [1.82, 2.24) is 5.32 Å². The summed E-state index contributed by atoms with van der Waals surface area (Å²) in [5.74, 6) is 5.33. The lowest BCUT2D eigenvalue weighted by molar-refractivity contribution is -0.119. The summed E-state index contributed by atoms with van der Waals surface area (Å²) >= 11 is 2.92. The van der Waals surface area contributed by atoms with Crippen LogP contribution in [0.2, 0.25) is 19.6 Å². The molecule has 94 valence electrons. The average molecular weight is 315 g/mol. The van der Waals surface area contributed by atoms with Gasteiger partial charge < -0.3 is 0 Å². The highest BCUT2D eigenvalue weighted by Gasteiger charge is 2.28. The first-order valence-corrected chi connectivity index (χ1v) is 9.75. The molecule has 0 unspecified atom stereocenters. The average Bonchev–Trinajstić information content (AvgIpc) is 2.24. The second-order valence-corrected chi connectivity index (χ2v) is 10.2. The predicted octanol–water partition coefficient (Wildman–Crippen LogP) is 2.55. The highest BCUT2D eigenvalue weighted by molar-refractivity contribution is 9.12. The van der Waals surface area contributed by atoms with Crippen LogP contribution in [0, 0.1) is 22.2 Å². The Morgan fingerprint density at radius 2 is 2.18 bits per heavy atom. The number of hydrogen-bond acceptors (Lipinski definition) is 2. The summed E-state index contributed by atoms with van der Waals surface area (Å²) in [6.07, 6.45) is 0.433. The molecule has 0 spiro atoms. The molecule has 17 heavy (non-hydrogen) atoms. The third kappa shape index (κ3) is 6.68. The van der Waals surface area contributed by atoms with Crippen molar-refractivity contribution < 1.29 is 6.17 Å². The molecule has 0 heterocycles. The van der Waals surface area contributed by atoms with Crippen molar-refractivity contribution in [3.63, 3.8) is 0 Å². The molecule has 0 saturated carbocycles. The Labute approximate surface area is 115 Å². The maximum atomic E-state index is 11.9. The van der Waals surface area contributed by atoms with E-state index in [1.165, 1.54) is 0 Å². The zero-order chi connectivity index (χ0) is 14.2. The molecule has 2 nitrogen and oxygen atoms in total. The Hall–Kier alpha value is -0.553. The van der Waals surface area contributed by atoms with E-state index in [4.69, 9.17) is 1.37 Å². The number of halogens is 1. The number of nitrogens with one attached hydrogen (secondary N) is 1. The van der Waals surface area contributed by atoms with Crippen LogP contribution in [-0.2, 0) is 4.79 Å². The first kappa shape index (κ1) is 14.5. The Kier molecular flexibility index (Phi) is 5.98. The van der Waals surface area contributed by atoms with Crippen molar-refractivity contribution in [2.24, 2.45) is 0 Å². The van der Waals surface area contributed by atoms with Gasteiger partial charge in [-0.05, 0) is 24.1 Å². The summed E-state index contributed by atoms with van der Waals surface area (Å²) in [5.41, 5.74) is 2.45. The zero-order valence-corrected chi connectivity index (χ0v) is 13.5. The van der Waals surface area contributed by atoms with E-state index >= 15 is 0 Å². The van der Waals surface area contributed by atoms with E-state index in [0.29, 0.717) is 13.0 Å². The molecule has 0 aliphatic rings. The smallest absolute Gasteiger partial charge is 0.226 e. The number of carbonyl (C=O) groups excluding carboxylic acids is 1. The van der Waals surface area contributed by atoms with Crippen LogP contribution in [0.4, 0.5) is 0 Å². The fourth-order valence-electron chi connectivity index (χ4n) is 1.01. The van der Waals surface area contributed by atoms with Gasteiger partial charge >= 0.3 is 0 Å². The minimum absolute atomic E-state index is 0.181. The van der Waals surface area contributed by atoms with Crippen molar-refractivity contribution in [1.29, 1.82) is 0 Å². The summed E-state index contributed by atoms with van der Waals surface area (Å²) in [5, 5.41) is 3.11. The standard InChI is InChI=1S/C13H20BrNOSi/c1-6-13(2,12(16)8-9-14)15-10-7-11-17(3,4)5/h15H,6,10H2,1-5H3/t13-/m1/s1/i1D. The minimum Gasteiger partial charge on any atom is -0.293 e. The molecule has 0 saturated heterocycles. The molecule has 0 aromatic carbocycles. The number of Topliss-reactive ketones (excluding diaryl/α,β-unsaturated/α-hetero) is 1. The van der Waals surface area contributed by atoms with Gasteiger partial charge in [-0.3, -0.25) is 10.1 Å². The second kappa shape index (κ2) is 7.01. The summed E-state index contributed by atoms with van der Waals surface area (Å²) in [7, 11) is -1.37. The topological polar surface area (TPSA) is 29.1 Å². The molecule has 0 fully saturated rings. The van der Waals surface area contributed by atoms with E-state index in [2.05, 4.69) is 63.1 Å². The van der Waals surface area contributed by atoms with Crippen molar-refractivity contribution in [3.05, 3.63) is 0 Å². The highest BCUT2D eigenvalue weighted by Crippen LogP contribution is 2.09. The van der Waals surface area contributed by atoms with Crippen molar-refractivity contribution >= 4 is 29.8 Å². The van der Waals surface area contributed by atoms with Gasteiger partial charge in [0.15, 0.2) is 0 Å². The van der Waals surface area contributed by atoms with Crippen LogP contribution < -0.4 is 5.32 Å². The van der Waals surface area contributed by atoms with E-state index in [1.807, 2.05) is 0 Å². The van der Waals surface area contributed by atoms with Gasteiger partial charge in [-0.2, -0.15) is 0 Å². The van der Waals surface area contributed by atoms with Crippen LogP contribution in [0.25, 0.3) is 0 Å². The Morgan fingerprint density at radius 3 is 2.65 bits per heavy atom. The summed E-state index contributed by atoms with van der Waals surface area (Å²) in [6, 6.07) is 0. The first-order chi connectivity index (χ1) is 8.25. The van der Waals surface area contributed by atoms with Gasteiger partial charge in [-0.1, -0.05) is 32.5 Å². The lowest BCUT2D eigenvalue weighted by atomic mass is 9.93. The molecule has 4 heteroatoms. The normalized spacial score (nSPS) is 14.5. The lowest BCUT2D eigenvalue weighted by Gasteiger charge is -2.24. The zero-order valence-electron chi connectivity index (χ0n) is 11.9. The molecule has 1 N–H and O–H groups in total. The molecule has 0 radical (unpaired) electrons. The highest BCUT2D eigenvalue weighted by atomic mass is 79.9. The van der Waals surface area contributed by atoms with Crippen LogP contribution in [-0.4, -0.2) is 25.9 Å². The van der Waals surface area contributed by atoms with Crippen LogP contribution in [0.3, 0.4) is 0 Å². The van der Waals surface area contributed by atoms with E-state index in [-0.39, 0.29) is 12.7 Å². The Bertz CT molecular complexity index is 411. The lowest BCUT2D eigenvalue weighted by Crippen LogP contribution is -2.48. The quantitative estimate of drug-likeness (QED) is 0.638. The number of rotatable bonds is 4. The summed E-state index contributed by atoms with van der Waals surface area (Å²) in [6.45, 7) is 8.92. The Balaban J connectivity index is 4.65. The monoisotopic (exact) mass is 314 g/mol. The second-order valence-electron chi connectivity index (χ2n) is 5.04. The molecule has 0 amide bonds. The number of carbonyl (C=O) groups is 1. The molecular formula is C13H20BrNOSi. The van der Waals surface area contributed by atoms with Gasteiger partial charge in [0.25, 0.3) is 0 Å². The molecular weight excluding hydrogens is 294 g/mol. The molecule has 0 bridgehead atoms. The molecule has 0 aliphatic heterocycles. The minimum atomic E-state index is -1.37. The van der Waals surface area contributed by atoms with E-state index in [1.54, 1.807) is 6.92 Å². The van der Waals surface area contributed by atoms with Crippen LogP contribution >= 0.6 is 15.9 Å². The maximum absolute atomic E-state index is 11.9. The fourth-order valence-corrected chi connectivity index (χ4v) is 1.81. The van der Waals surface area contributed by atoms with Crippen molar-refractivity contribution in [3.8, 4) is 22.2 Å². The first-order valence-electron chi connectivity index (χ1n) is 6.16. The predicted molar refractivity (Wildman–Crippen MR) is 79.5 cm³/mol. The van der Waals surface area contributed by atoms with Crippen molar-refractivity contribution in [2.75, 3.05) is 6.54 Å². The van der Waals surface area contributed by atoms with Crippen molar-refractivity contribution in [2.45, 2.75) is 45.4 Å². The molecule has 0 rings (SSSR count). The molecule has 1 atom stereocenters. The SMILES string of the molecule is [2H]CC[C@@](C)(NCC#C[Si](C)(C)C)C(=O)C#CBr. The van der Waals surface area contributed by atoms with Crippen LogP contribution in [0.1, 0.15) is 21.6 Å². The molecule has 0 aromatic rings. The molecule has 0 aromatic heterocycles. The van der Waals surface area contributed by atoms with Gasteiger partial charge in [0.2, 0.25) is 5.78 Å². The largest absolute Gasteiger partial charge is 0.293 e. The van der Waals surface area contributed by atoms with E-state index in [9.17, 15) is 4.79 Å². The third-order valence-electron chi connectivity index (χ3n) is 2.19. The van der Waals surface area contributed by atoms with Gasteiger partial charge in [0.1, 0.15) is 8.07 Å². The fraction of sp³-hybridized carbons (Fsp3) is 0.615.